The van der Waals surface area contributed by atoms with Gasteiger partial charge in [0.25, 0.3) is 0 Å². The van der Waals surface area contributed by atoms with Gasteiger partial charge in [-0.15, -0.1) is 0 Å². The van der Waals surface area contributed by atoms with Crippen molar-refractivity contribution in [2.45, 2.75) is 71.9 Å². The van der Waals surface area contributed by atoms with E-state index < -0.39 is 0 Å². The third-order valence-corrected chi connectivity index (χ3v) is 5.30. The Balaban J connectivity index is 1.91. The molecule has 1 heterocycles. The lowest BCUT2D eigenvalue weighted by molar-refractivity contribution is 0.0796. The average Bonchev–Trinajstić information content (AvgIpc) is 2.13. The molecule has 1 aliphatic carbocycles. The highest BCUT2D eigenvalue weighted by molar-refractivity contribution is 7.99. The first-order chi connectivity index (χ1) is 7.86. The molecule has 0 aromatic heterocycles. The molecule has 2 rings (SSSR count). The molecule has 0 atom stereocenters. The first-order valence-corrected chi connectivity index (χ1v) is 8.36. The molecule has 0 aromatic carbocycles. The molecule has 0 spiro atoms. The van der Waals surface area contributed by atoms with Crippen LogP contribution in [-0.2, 0) is 0 Å². The monoisotopic (exact) mass is 255 g/mol. The lowest BCUT2D eigenvalue weighted by atomic mass is 9.63. The van der Waals surface area contributed by atoms with Gasteiger partial charge in [-0.1, -0.05) is 27.7 Å². The minimum absolute atomic E-state index is 0.517. The minimum Gasteiger partial charge on any atom is -0.311 e. The quantitative estimate of drug-likeness (QED) is 0.798. The first kappa shape index (κ1) is 13.7. The summed E-state index contributed by atoms with van der Waals surface area (Å²) >= 11 is 2.12. The third kappa shape index (κ3) is 4.17. The highest BCUT2D eigenvalue weighted by atomic mass is 32.2. The van der Waals surface area contributed by atoms with Crippen LogP contribution >= 0.6 is 11.8 Å². The Morgan fingerprint density at radius 3 is 1.94 bits per heavy atom. The molecule has 0 amide bonds. The van der Waals surface area contributed by atoms with Crippen LogP contribution in [0.5, 0.6) is 0 Å². The normalized spacial score (nSPS) is 30.4. The maximum Gasteiger partial charge on any atom is 0.00853 e. The van der Waals surface area contributed by atoms with E-state index in [1.807, 2.05) is 0 Å². The van der Waals surface area contributed by atoms with Gasteiger partial charge >= 0.3 is 0 Å². The van der Waals surface area contributed by atoms with Crippen LogP contribution in [-0.4, -0.2) is 23.6 Å². The molecule has 2 heteroatoms. The summed E-state index contributed by atoms with van der Waals surface area (Å²) in [6.45, 7) is 9.78. The van der Waals surface area contributed by atoms with Crippen LogP contribution in [0.1, 0.15) is 59.8 Å². The van der Waals surface area contributed by atoms with Crippen LogP contribution in [0.2, 0.25) is 0 Å². The van der Waals surface area contributed by atoms with Crippen LogP contribution < -0.4 is 5.32 Å². The predicted octanol–water partition coefficient (Wildman–Crippen LogP) is 4.08. The van der Waals surface area contributed by atoms with Gasteiger partial charge in [0.05, 0.1) is 0 Å². The van der Waals surface area contributed by atoms with Crippen molar-refractivity contribution < 1.29 is 0 Å². The van der Waals surface area contributed by atoms with Crippen molar-refractivity contribution in [3.63, 3.8) is 0 Å². The van der Waals surface area contributed by atoms with E-state index in [0.29, 0.717) is 10.8 Å². The lowest BCUT2D eigenvalue weighted by Crippen LogP contribution is -2.48. The Morgan fingerprint density at radius 2 is 1.41 bits per heavy atom. The van der Waals surface area contributed by atoms with Crippen molar-refractivity contribution in [2.75, 3.05) is 11.5 Å². The average molecular weight is 255 g/mol. The molecule has 2 aliphatic rings. The van der Waals surface area contributed by atoms with Crippen LogP contribution in [0.3, 0.4) is 0 Å². The Kier molecular flexibility index (Phi) is 4.14. The van der Waals surface area contributed by atoms with Crippen LogP contribution in [0.25, 0.3) is 0 Å². The largest absolute Gasteiger partial charge is 0.311 e. The second-order valence-corrected chi connectivity index (χ2v) is 8.89. The van der Waals surface area contributed by atoms with Gasteiger partial charge in [0, 0.05) is 12.1 Å². The van der Waals surface area contributed by atoms with E-state index in [4.69, 9.17) is 0 Å². The maximum atomic E-state index is 3.96. The Bertz CT molecular complexity index is 238. The predicted molar refractivity (Wildman–Crippen MR) is 78.7 cm³/mol. The summed E-state index contributed by atoms with van der Waals surface area (Å²) < 4.78 is 0. The zero-order valence-electron chi connectivity index (χ0n) is 12.0. The van der Waals surface area contributed by atoms with E-state index >= 15 is 0 Å². The second-order valence-electron chi connectivity index (χ2n) is 7.66. The Morgan fingerprint density at radius 1 is 0.882 bits per heavy atom. The van der Waals surface area contributed by atoms with Gasteiger partial charge in [-0.3, -0.25) is 0 Å². The standard InChI is InChI=1S/C15H29NS/c1-14(2)9-13(10-15(3,4)11-14)16-12-5-7-17-8-6-12/h12-13,16H,5-11H2,1-4H3. The number of hydrogen-bond acceptors (Lipinski definition) is 2. The zero-order valence-corrected chi connectivity index (χ0v) is 12.8. The van der Waals surface area contributed by atoms with Crippen molar-refractivity contribution in [3.05, 3.63) is 0 Å². The summed E-state index contributed by atoms with van der Waals surface area (Å²) in [7, 11) is 0. The molecule has 1 saturated carbocycles. The molecule has 1 N–H and O–H groups in total. The fourth-order valence-corrected chi connectivity index (χ4v) is 5.27. The van der Waals surface area contributed by atoms with Gasteiger partial charge in [-0.05, 0) is 54.4 Å². The van der Waals surface area contributed by atoms with E-state index in [2.05, 4.69) is 44.8 Å². The van der Waals surface area contributed by atoms with E-state index in [-0.39, 0.29) is 0 Å². The second kappa shape index (κ2) is 5.13. The Hall–Kier alpha value is 0.310. The fourth-order valence-electron chi connectivity index (χ4n) is 4.16. The van der Waals surface area contributed by atoms with Crippen LogP contribution in [0.4, 0.5) is 0 Å². The van der Waals surface area contributed by atoms with Gasteiger partial charge in [-0.25, -0.2) is 0 Å². The molecular formula is C15H29NS. The van der Waals surface area contributed by atoms with E-state index in [1.165, 1.54) is 43.6 Å². The van der Waals surface area contributed by atoms with Crippen LogP contribution in [0, 0.1) is 10.8 Å². The van der Waals surface area contributed by atoms with E-state index in [0.717, 1.165) is 12.1 Å². The van der Waals surface area contributed by atoms with Crippen LogP contribution in [0.15, 0.2) is 0 Å². The first-order valence-electron chi connectivity index (χ1n) is 7.20. The highest BCUT2D eigenvalue weighted by Crippen LogP contribution is 2.45. The molecule has 0 aromatic rings. The van der Waals surface area contributed by atoms with Crippen molar-refractivity contribution in [1.82, 2.24) is 5.32 Å². The number of hydrogen-bond donors (Lipinski definition) is 1. The van der Waals surface area contributed by atoms with Crippen molar-refractivity contribution in [1.29, 1.82) is 0 Å². The minimum atomic E-state index is 0.517. The molecular weight excluding hydrogens is 226 g/mol. The molecule has 1 nitrogen and oxygen atoms in total. The zero-order chi connectivity index (χ0) is 12.5. The summed E-state index contributed by atoms with van der Waals surface area (Å²) in [5.74, 6) is 2.72. The Labute approximate surface area is 112 Å². The van der Waals surface area contributed by atoms with Gasteiger partial charge in [-0.2, -0.15) is 11.8 Å². The molecule has 17 heavy (non-hydrogen) atoms. The summed E-state index contributed by atoms with van der Waals surface area (Å²) in [5, 5.41) is 3.96. The topological polar surface area (TPSA) is 12.0 Å². The lowest BCUT2D eigenvalue weighted by Gasteiger charge is -2.46. The summed E-state index contributed by atoms with van der Waals surface area (Å²) in [5.41, 5.74) is 1.03. The van der Waals surface area contributed by atoms with Crippen molar-refractivity contribution >= 4 is 11.8 Å². The number of thioether (sulfide) groups is 1. The number of rotatable bonds is 2. The smallest absolute Gasteiger partial charge is 0.00853 e. The summed E-state index contributed by atoms with van der Waals surface area (Å²) in [6.07, 6.45) is 6.85. The summed E-state index contributed by atoms with van der Waals surface area (Å²) in [6, 6.07) is 1.55. The molecule has 0 bridgehead atoms. The van der Waals surface area contributed by atoms with Gasteiger partial charge in [0.15, 0.2) is 0 Å². The summed E-state index contributed by atoms with van der Waals surface area (Å²) in [4.78, 5) is 0. The van der Waals surface area contributed by atoms with E-state index in [1.54, 1.807) is 0 Å². The SMILES string of the molecule is CC1(C)CC(NC2CCSCC2)CC(C)(C)C1. The molecule has 1 saturated heterocycles. The molecule has 100 valence electrons. The molecule has 1 aliphatic heterocycles. The molecule has 2 fully saturated rings. The molecule has 0 unspecified atom stereocenters. The van der Waals surface area contributed by atoms with E-state index in [9.17, 15) is 0 Å². The maximum absolute atomic E-state index is 3.96. The molecule has 0 radical (unpaired) electrons. The van der Waals surface area contributed by atoms with Crippen molar-refractivity contribution in [2.24, 2.45) is 10.8 Å². The number of nitrogens with one attached hydrogen (secondary N) is 1. The third-order valence-electron chi connectivity index (χ3n) is 4.25. The van der Waals surface area contributed by atoms with Crippen molar-refractivity contribution in [3.8, 4) is 0 Å². The van der Waals surface area contributed by atoms with Gasteiger partial charge in [0.1, 0.15) is 0 Å². The highest BCUT2D eigenvalue weighted by Gasteiger charge is 2.38. The van der Waals surface area contributed by atoms with Gasteiger partial charge in [0.2, 0.25) is 0 Å². The fraction of sp³-hybridized carbons (Fsp3) is 1.00. The van der Waals surface area contributed by atoms with Gasteiger partial charge < -0.3 is 5.32 Å².